The molecule has 3 atom stereocenters. The maximum atomic E-state index is 5.16. The standard InChI is InChI=1S/C9H19NO/c1-6-7(2)10-8(3)9(4)11-5/h6-10H,1H2,2-5H3. The van der Waals surface area contributed by atoms with Crippen molar-refractivity contribution < 1.29 is 4.74 Å². The van der Waals surface area contributed by atoms with Crippen LogP contribution in [0.5, 0.6) is 0 Å². The molecule has 0 aliphatic carbocycles. The van der Waals surface area contributed by atoms with Crippen LogP contribution in [0.2, 0.25) is 0 Å². The highest BCUT2D eigenvalue weighted by atomic mass is 16.5. The first-order valence-corrected chi connectivity index (χ1v) is 4.03. The molecule has 11 heavy (non-hydrogen) atoms. The van der Waals surface area contributed by atoms with Crippen LogP contribution in [0.1, 0.15) is 20.8 Å². The summed E-state index contributed by atoms with van der Waals surface area (Å²) in [5.74, 6) is 0. The van der Waals surface area contributed by atoms with Gasteiger partial charge in [0.2, 0.25) is 0 Å². The van der Waals surface area contributed by atoms with Gasteiger partial charge in [-0.05, 0) is 20.8 Å². The van der Waals surface area contributed by atoms with Gasteiger partial charge in [-0.1, -0.05) is 6.08 Å². The molecule has 0 aromatic heterocycles. The first-order chi connectivity index (χ1) is 5.11. The molecule has 0 aromatic carbocycles. The Morgan fingerprint density at radius 2 is 1.91 bits per heavy atom. The van der Waals surface area contributed by atoms with Crippen molar-refractivity contribution in [2.45, 2.75) is 39.0 Å². The summed E-state index contributed by atoms with van der Waals surface area (Å²) in [6.45, 7) is 9.93. The SMILES string of the molecule is C=CC(C)NC(C)C(C)OC. The van der Waals surface area contributed by atoms with Crippen molar-refractivity contribution >= 4 is 0 Å². The smallest absolute Gasteiger partial charge is 0.0693 e. The number of hydrogen-bond donors (Lipinski definition) is 1. The minimum atomic E-state index is 0.248. The average Bonchev–Trinajstić information content (AvgIpc) is 2.02. The summed E-state index contributed by atoms with van der Waals surface area (Å²) in [4.78, 5) is 0. The minimum Gasteiger partial charge on any atom is -0.380 e. The van der Waals surface area contributed by atoms with Gasteiger partial charge in [0.25, 0.3) is 0 Å². The van der Waals surface area contributed by atoms with Crippen molar-refractivity contribution in [2.24, 2.45) is 0 Å². The van der Waals surface area contributed by atoms with Crippen LogP contribution in [0.4, 0.5) is 0 Å². The van der Waals surface area contributed by atoms with Crippen LogP contribution in [0, 0.1) is 0 Å². The molecule has 0 aromatic rings. The molecule has 3 unspecified atom stereocenters. The molecule has 0 saturated heterocycles. The van der Waals surface area contributed by atoms with E-state index in [0.717, 1.165) is 0 Å². The van der Waals surface area contributed by atoms with E-state index in [1.807, 2.05) is 13.0 Å². The first-order valence-electron chi connectivity index (χ1n) is 4.03. The third kappa shape index (κ3) is 4.17. The van der Waals surface area contributed by atoms with Crippen molar-refractivity contribution in [2.75, 3.05) is 7.11 Å². The zero-order chi connectivity index (χ0) is 8.85. The number of ether oxygens (including phenoxy) is 1. The van der Waals surface area contributed by atoms with Gasteiger partial charge in [-0.3, -0.25) is 0 Å². The van der Waals surface area contributed by atoms with Crippen molar-refractivity contribution in [3.63, 3.8) is 0 Å². The van der Waals surface area contributed by atoms with Gasteiger partial charge in [-0.2, -0.15) is 0 Å². The number of rotatable bonds is 5. The fourth-order valence-electron chi connectivity index (χ4n) is 0.822. The highest BCUT2D eigenvalue weighted by Gasteiger charge is 2.11. The Kier molecular flexibility index (Phi) is 5.16. The topological polar surface area (TPSA) is 21.3 Å². The Bertz CT molecular complexity index is 114. The lowest BCUT2D eigenvalue weighted by atomic mass is 10.2. The van der Waals surface area contributed by atoms with Gasteiger partial charge < -0.3 is 10.1 Å². The summed E-state index contributed by atoms with van der Waals surface area (Å²) in [7, 11) is 1.72. The predicted molar refractivity (Wildman–Crippen MR) is 48.7 cm³/mol. The molecule has 66 valence electrons. The van der Waals surface area contributed by atoms with Crippen LogP contribution >= 0.6 is 0 Å². The molecule has 0 spiro atoms. The second-order valence-corrected chi connectivity index (χ2v) is 2.92. The predicted octanol–water partition coefficient (Wildman–Crippen LogP) is 1.57. The molecule has 0 heterocycles. The molecule has 0 saturated carbocycles. The van der Waals surface area contributed by atoms with Gasteiger partial charge in [0.15, 0.2) is 0 Å². The molecule has 1 N–H and O–H groups in total. The van der Waals surface area contributed by atoms with E-state index < -0.39 is 0 Å². The van der Waals surface area contributed by atoms with Crippen molar-refractivity contribution in [1.29, 1.82) is 0 Å². The van der Waals surface area contributed by atoms with E-state index in [4.69, 9.17) is 4.74 Å². The largest absolute Gasteiger partial charge is 0.380 e. The fourth-order valence-corrected chi connectivity index (χ4v) is 0.822. The quantitative estimate of drug-likeness (QED) is 0.612. The molecular weight excluding hydrogens is 138 g/mol. The van der Waals surface area contributed by atoms with E-state index in [1.165, 1.54) is 0 Å². The van der Waals surface area contributed by atoms with E-state index in [2.05, 4.69) is 25.7 Å². The Morgan fingerprint density at radius 1 is 1.36 bits per heavy atom. The molecule has 0 bridgehead atoms. The monoisotopic (exact) mass is 157 g/mol. The Balaban J connectivity index is 3.66. The van der Waals surface area contributed by atoms with E-state index >= 15 is 0 Å². The molecule has 0 amide bonds. The zero-order valence-corrected chi connectivity index (χ0v) is 7.92. The lowest BCUT2D eigenvalue weighted by Gasteiger charge is -2.22. The first kappa shape index (κ1) is 10.7. The van der Waals surface area contributed by atoms with Gasteiger partial charge >= 0.3 is 0 Å². The third-order valence-corrected chi connectivity index (χ3v) is 1.96. The summed E-state index contributed by atoms with van der Waals surface area (Å²) in [5, 5.41) is 3.34. The molecule has 0 aliphatic rings. The fraction of sp³-hybridized carbons (Fsp3) is 0.778. The third-order valence-electron chi connectivity index (χ3n) is 1.96. The maximum Gasteiger partial charge on any atom is 0.0693 e. The summed E-state index contributed by atoms with van der Waals surface area (Å²) in [5.41, 5.74) is 0. The van der Waals surface area contributed by atoms with Crippen LogP contribution in [0.15, 0.2) is 12.7 Å². The summed E-state index contributed by atoms with van der Waals surface area (Å²) in [6.07, 6.45) is 2.14. The highest BCUT2D eigenvalue weighted by Crippen LogP contribution is 1.97. The van der Waals surface area contributed by atoms with Crippen molar-refractivity contribution in [1.82, 2.24) is 5.32 Å². The Labute approximate surface area is 69.6 Å². The van der Waals surface area contributed by atoms with E-state index in [9.17, 15) is 0 Å². The molecule has 0 aliphatic heterocycles. The summed E-state index contributed by atoms with van der Waals surface area (Å²) in [6, 6.07) is 0.718. The summed E-state index contributed by atoms with van der Waals surface area (Å²) >= 11 is 0. The van der Waals surface area contributed by atoms with Crippen LogP contribution < -0.4 is 5.32 Å². The highest BCUT2D eigenvalue weighted by molar-refractivity contribution is 4.84. The molecule has 0 fully saturated rings. The lowest BCUT2D eigenvalue weighted by molar-refractivity contribution is 0.0870. The van der Waals surface area contributed by atoms with Crippen molar-refractivity contribution in [3.8, 4) is 0 Å². The second-order valence-electron chi connectivity index (χ2n) is 2.92. The second kappa shape index (κ2) is 5.33. The average molecular weight is 157 g/mol. The zero-order valence-electron chi connectivity index (χ0n) is 7.92. The number of methoxy groups -OCH3 is 1. The van der Waals surface area contributed by atoms with E-state index in [-0.39, 0.29) is 6.10 Å². The van der Waals surface area contributed by atoms with Crippen molar-refractivity contribution in [3.05, 3.63) is 12.7 Å². The molecular formula is C9H19NO. The van der Waals surface area contributed by atoms with Crippen LogP contribution in [-0.4, -0.2) is 25.3 Å². The molecule has 0 rings (SSSR count). The van der Waals surface area contributed by atoms with Gasteiger partial charge in [0.1, 0.15) is 0 Å². The lowest BCUT2D eigenvalue weighted by Crippen LogP contribution is -2.40. The molecule has 2 nitrogen and oxygen atoms in total. The summed E-state index contributed by atoms with van der Waals surface area (Å²) < 4.78 is 5.16. The molecule has 2 heteroatoms. The Hall–Kier alpha value is -0.340. The van der Waals surface area contributed by atoms with Crippen LogP contribution in [-0.2, 0) is 4.74 Å². The van der Waals surface area contributed by atoms with Crippen LogP contribution in [0.3, 0.4) is 0 Å². The van der Waals surface area contributed by atoms with Gasteiger partial charge in [-0.15, -0.1) is 6.58 Å². The normalized spacial score (nSPS) is 18.9. The van der Waals surface area contributed by atoms with Gasteiger partial charge in [0.05, 0.1) is 6.10 Å². The van der Waals surface area contributed by atoms with E-state index in [1.54, 1.807) is 7.11 Å². The van der Waals surface area contributed by atoms with Gasteiger partial charge in [0, 0.05) is 19.2 Å². The number of hydrogen-bond acceptors (Lipinski definition) is 2. The maximum absolute atomic E-state index is 5.16. The molecule has 0 radical (unpaired) electrons. The van der Waals surface area contributed by atoms with E-state index in [0.29, 0.717) is 12.1 Å². The Morgan fingerprint density at radius 3 is 2.27 bits per heavy atom. The minimum absolute atomic E-state index is 0.248. The number of nitrogens with one attached hydrogen (secondary N) is 1. The van der Waals surface area contributed by atoms with Crippen LogP contribution in [0.25, 0.3) is 0 Å². The van der Waals surface area contributed by atoms with Gasteiger partial charge in [-0.25, -0.2) is 0 Å².